The van der Waals surface area contributed by atoms with Crippen LogP contribution in [0.15, 0.2) is 48.9 Å². The molecule has 0 aliphatic rings. The first-order chi connectivity index (χ1) is 11.1. The molecule has 0 amide bonds. The van der Waals surface area contributed by atoms with Crippen LogP contribution in [0.4, 0.5) is 0 Å². The van der Waals surface area contributed by atoms with Crippen molar-refractivity contribution in [2.45, 2.75) is 13.5 Å². The fourth-order valence-electron chi connectivity index (χ4n) is 2.71. The summed E-state index contributed by atoms with van der Waals surface area (Å²) in [6, 6.07) is 9.52. The average Bonchev–Trinajstić information content (AvgIpc) is 3.12. The number of rotatable bonds is 5. The largest absolute Gasteiger partial charge is 0.465 e. The van der Waals surface area contributed by atoms with Crippen LogP contribution in [-0.2, 0) is 23.1 Å². The zero-order chi connectivity index (χ0) is 16.4. The number of aryl methyl sites for hydroxylation is 1. The number of ketones is 1. The Kier molecular flexibility index (Phi) is 4.02. The summed E-state index contributed by atoms with van der Waals surface area (Å²) < 4.78 is 8.52. The van der Waals surface area contributed by atoms with E-state index in [1.54, 1.807) is 30.0 Å². The third-order valence-corrected chi connectivity index (χ3v) is 3.77. The number of aromatic nitrogens is 2. The third kappa shape index (κ3) is 2.90. The molecule has 23 heavy (non-hydrogen) atoms. The van der Waals surface area contributed by atoms with Gasteiger partial charge in [0.25, 0.3) is 0 Å². The number of nitrogens with zero attached hydrogens (tertiary/aromatic N) is 2. The van der Waals surface area contributed by atoms with Crippen molar-refractivity contribution >= 4 is 22.7 Å². The Bertz CT molecular complexity index is 873. The average molecular weight is 310 g/mol. The minimum absolute atomic E-state index is 0.0515. The minimum Gasteiger partial charge on any atom is -0.465 e. The fraction of sp³-hybridized carbons (Fsp3) is 0.222. The van der Waals surface area contributed by atoms with E-state index in [1.165, 1.54) is 0 Å². The van der Waals surface area contributed by atoms with Crippen LogP contribution in [0.2, 0.25) is 0 Å². The van der Waals surface area contributed by atoms with Crippen LogP contribution in [0.3, 0.4) is 0 Å². The van der Waals surface area contributed by atoms with Gasteiger partial charge in [0.2, 0.25) is 0 Å². The molecule has 118 valence electrons. The van der Waals surface area contributed by atoms with Crippen LogP contribution in [0.5, 0.6) is 0 Å². The van der Waals surface area contributed by atoms with E-state index in [9.17, 15) is 9.59 Å². The van der Waals surface area contributed by atoms with E-state index < -0.39 is 0 Å². The van der Waals surface area contributed by atoms with Gasteiger partial charge in [0, 0.05) is 47.7 Å². The van der Waals surface area contributed by atoms with Gasteiger partial charge in [-0.3, -0.25) is 9.59 Å². The van der Waals surface area contributed by atoms with E-state index in [2.05, 4.69) is 0 Å². The number of carbonyl (C=O) groups is 2. The summed E-state index contributed by atoms with van der Waals surface area (Å²) >= 11 is 0. The molecule has 0 saturated heterocycles. The first-order valence-corrected chi connectivity index (χ1v) is 7.50. The lowest BCUT2D eigenvalue weighted by Crippen LogP contribution is -2.12. The summed E-state index contributed by atoms with van der Waals surface area (Å²) in [5.74, 6) is -0.364. The van der Waals surface area contributed by atoms with Crippen molar-refractivity contribution in [3.63, 3.8) is 0 Å². The third-order valence-electron chi connectivity index (χ3n) is 3.77. The molecular formula is C18H18N2O3. The zero-order valence-corrected chi connectivity index (χ0v) is 13.2. The maximum absolute atomic E-state index is 12.8. The second-order valence-corrected chi connectivity index (χ2v) is 5.38. The van der Waals surface area contributed by atoms with Gasteiger partial charge in [-0.15, -0.1) is 0 Å². The highest BCUT2D eigenvalue weighted by atomic mass is 16.5. The van der Waals surface area contributed by atoms with Crippen molar-refractivity contribution in [3.8, 4) is 0 Å². The van der Waals surface area contributed by atoms with Crippen molar-refractivity contribution in [2.24, 2.45) is 7.05 Å². The van der Waals surface area contributed by atoms with E-state index in [-0.39, 0.29) is 18.3 Å². The van der Waals surface area contributed by atoms with E-state index in [1.807, 2.05) is 42.1 Å². The molecule has 0 radical (unpaired) electrons. The minimum atomic E-state index is -0.313. The number of carbonyl (C=O) groups excluding carboxylic acids is 2. The summed E-state index contributed by atoms with van der Waals surface area (Å²) in [5.41, 5.74) is 2.24. The fourth-order valence-corrected chi connectivity index (χ4v) is 2.71. The standard InChI is InChI=1S/C18H18N2O3/c1-3-23-17(21)12-20-9-8-13(10-20)18(22)15-11-19(2)16-7-5-4-6-14(15)16/h4-11H,3,12H2,1-2H3. The lowest BCUT2D eigenvalue weighted by molar-refractivity contribution is -0.143. The molecule has 0 aliphatic heterocycles. The molecule has 0 saturated carbocycles. The van der Waals surface area contributed by atoms with E-state index >= 15 is 0 Å². The molecule has 0 unspecified atom stereocenters. The van der Waals surface area contributed by atoms with Gasteiger partial charge in [-0.1, -0.05) is 18.2 Å². The first kappa shape index (κ1) is 15.1. The smallest absolute Gasteiger partial charge is 0.325 e. The van der Waals surface area contributed by atoms with Crippen molar-refractivity contribution in [3.05, 3.63) is 60.0 Å². The molecule has 0 spiro atoms. The van der Waals surface area contributed by atoms with E-state index in [4.69, 9.17) is 4.74 Å². The van der Waals surface area contributed by atoms with Crippen molar-refractivity contribution in [1.29, 1.82) is 0 Å². The van der Waals surface area contributed by atoms with Gasteiger partial charge in [0.1, 0.15) is 6.54 Å². The molecule has 3 rings (SSSR count). The van der Waals surface area contributed by atoms with E-state index in [0.717, 1.165) is 10.9 Å². The Balaban J connectivity index is 1.88. The molecule has 5 heteroatoms. The van der Waals surface area contributed by atoms with Crippen LogP contribution in [0.25, 0.3) is 10.9 Å². The highest BCUT2D eigenvalue weighted by Gasteiger charge is 2.17. The highest BCUT2D eigenvalue weighted by molar-refractivity contribution is 6.16. The topological polar surface area (TPSA) is 53.2 Å². The summed E-state index contributed by atoms with van der Waals surface area (Å²) in [7, 11) is 1.92. The highest BCUT2D eigenvalue weighted by Crippen LogP contribution is 2.23. The van der Waals surface area contributed by atoms with Crippen LogP contribution in [0, 0.1) is 0 Å². The molecule has 0 atom stereocenters. The summed E-state index contributed by atoms with van der Waals surface area (Å²) in [4.78, 5) is 24.3. The van der Waals surface area contributed by atoms with Crippen LogP contribution in [0.1, 0.15) is 22.8 Å². The number of fused-ring (bicyclic) bond motifs is 1. The van der Waals surface area contributed by atoms with E-state index in [0.29, 0.717) is 17.7 Å². The molecule has 0 bridgehead atoms. The maximum Gasteiger partial charge on any atom is 0.325 e. The summed E-state index contributed by atoms with van der Waals surface area (Å²) in [5, 5.41) is 0.929. The Labute approximate surface area is 134 Å². The second kappa shape index (κ2) is 6.12. The predicted octanol–water partition coefficient (Wildman–Crippen LogP) is 2.77. The Morgan fingerprint density at radius 1 is 1.13 bits per heavy atom. The van der Waals surface area contributed by atoms with Crippen molar-refractivity contribution in [2.75, 3.05) is 6.61 Å². The van der Waals surface area contributed by atoms with Crippen molar-refractivity contribution < 1.29 is 14.3 Å². The molecular weight excluding hydrogens is 292 g/mol. The number of ether oxygens (including phenoxy) is 1. The number of benzene rings is 1. The van der Waals surface area contributed by atoms with Gasteiger partial charge >= 0.3 is 5.97 Å². The number of esters is 1. The Morgan fingerprint density at radius 2 is 1.91 bits per heavy atom. The molecule has 0 fully saturated rings. The maximum atomic E-state index is 12.8. The van der Waals surface area contributed by atoms with Gasteiger partial charge in [0.15, 0.2) is 5.78 Å². The number of hydrogen-bond donors (Lipinski definition) is 0. The summed E-state index contributed by atoms with van der Waals surface area (Å²) in [6.45, 7) is 2.22. The molecule has 3 aromatic rings. The predicted molar refractivity (Wildman–Crippen MR) is 87.4 cm³/mol. The molecule has 2 aromatic heterocycles. The number of para-hydroxylation sites is 1. The molecule has 2 heterocycles. The van der Waals surface area contributed by atoms with Crippen LogP contribution in [-0.4, -0.2) is 27.5 Å². The lowest BCUT2D eigenvalue weighted by atomic mass is 10.1. The SMILES string of the molecule is CCOC(=O)Cn1ccc(C(=O)c2cn(C)c3ccccc23)c1. The van der Waals surface area contributed by atoms with Crippen LogP contribution >= 0.6 is 0 Å². The van der Waals surface area contributed by atoms with Gasteiger partial charge in [-0.05, 0) is 19.1 Å². The Hall–Kier alpha value is -2.82. The van der Waals surface area contributed by atoms with Crippen molar-refractivity contribution in [1.82, 2.24) is 9.13 Å². The summed E-state index contributed by atoms with van der Waals surface area (Å²) in [6.07, 6.45) is 5.24. The molecule has 0 N–H and O–H groups in total. The number of hydrogen-bond acceptors (Lipinski definition) is 3. The molecule has 5 nitrogen and oxygen atoms in total. The first-order valence-electron chi connectivity index (χ1n) is 7.50. The monoisotopic (exact) mass is 310 g/mol. The van der Waals surface area contributed by atoms with Gasteiger partial charge < -0.3 is 13.9 Å². The zero-order valence-electron chi connectivity index (χ0n) is 13.2. The van der Waals surface area contributed by atoms with Gasteiger partial charge in [-0.2, -0.15) is 0 Å². The molecule has 1 aromatic carbocycles. The quantitative estimate of drug-likeness (QED) is 0.538. The normalized spacial score (nSPS) is 10.9. The van der Waals surface area contributed by atoms with Crippen LogP contribution < -0.4 is 0 Å². The van der Waals surface area contributed by atoms with Gasteiger partial charge in [0.05, 0.1) is 6.61 Å². The lowest BCUT2D eigenvalue weighted by Gasteiger charge is -2.02. The molecule has 0 aliphatic carbocycles. The van der Waals surface area contributed by atoms with Gasteiger partial charge in [-0.25, -0.2) is 0 Å². The Morgan fingerprint density at radius 3 is 2.70 bits per heavy atom. The second-order valence-electron chi connectivity index (χ2n) is 5.38.